The maximum absolute atomic E-state index is 12.5. The van der Waals surface area contributed by atoms with E-state index in [0.29, 0.717) is 10.9 Å². The molecule has 3 rings (SSSR count). The predicted octanol–water partition coefficient (Wildman–Crippen LogP) is 1.22. The molecule has 0 bridgehead atoms. The van der Waals surface area contributed by atoms with Gasteiger partial charge in [-0.15, -0.1) is 0 Å². The third-order valence-corrected chi connectivity index (χ3v) is 5.82. The van der Waals surface area contributed by atoms with Crippen molar-refractivity contribution in [3.05, 3.63) is 29.8 Å². The van der Waals surface area contributed by atoms with Crippen molar-refractivity contribution in [1.29, 1.82) is 0 Å². The van der Waals surface area contributed by atoms with Crippen LogP contribution in [0.1, 0.15) is 37.8 Å². The van der Waals surface area contributed by atoms with Crippen LogP contribution in [0.4, 0.5) is 0 Å². The van der Waals surface area contributed by atoms with Gasteiger partial charge in [0.15, 0.2) is 0 Å². The highest BCUT2D eigenvalue weighted by Crippen LogP contribution is 2.30. The summed E-state index contributed by atoms with van der Waals surface area (Å²) in [4.78, 5) is 2.70. The van der Waals surface area contributed by atoms with Gasteiger partial charge in [0.25, 0.3) is 0 Å². The van der Waals surface area contributed by atoms with Crippen molar-refractivity contribution in [3.63, 3.8) is 0 Å². The van der Waals surface area contributed by atoms with Gasteiger partial charge in [0, 0.05) is 31.2 Å². The fourth-order valence-electron chi connectivity index (χ4n) is 2.91. The Labute approximate surface area is 126 Å². The van der Waals surface area contributed by atoms with Crippen molar-refractivity contribution in [2.45, 2.75) is 49.2 Å². The number of benzene rings is 1. The molecule has 1 aromatic carbocycles. The average molecular weight is 309 g/mol. The topological polar surface area (TPSA) is 75.4 Å². The molecule has 1 aliphatic carbocycles. The summed E-state index contributed by atoms with van der Waals surface area (Å²) in [7, 11) is -3.46. The van der Waals surface area contributed by atoms with Gasteiger partial charge in [-0.05, 0) is 43.9 Å². The van der Waals surface area contributed by atoms with Gasteiger partial charge in [0.2, 0.25) is 10.0 Å². The number of hydrogen-bond acceptors (Lipinski definition) is 4. The van der Waals surface area contributed by atoms with Crippen molar-refractivity contribution in [3.8, 4) is 0 Å². The third-order valence-electron chi connectivity index (χ3n) is 4.30. The third kappa shape index (κ3) is 3.45. The molecule has 0 radical (unpaired) electrons. The van der Waals surface area contributed by atoms with E-state index in [4.69, 9.17) is 5.73 Å². The highest BCUT2D eigenvalue weighted by molar-refractivity contribution is 7.89. The van der Waals surface area contributed by atoms with Crippen molar-refractivity contribution < 1.29 is 8.42 Å². The lowest BCUT2D eigenvalue weighted by Crippen LogP contribution is -2.37. The molecule has 1 heterocycles. The molecule has 5 nitrogen and oxygen atoms in total. The van der Waals surface area contributed by atoms with Crippen LogP contribution in [0.15, 0.2) is 29.2 Å². The molecule has 116 valence electrons. The molecule has 1 saturated carbocycles. The molecule has 6 heteroatoms. The smallest absolute Gasteiger partial charge is 0.240 e. The largest absolute Gasteiger partial charge is 0.324 e. The summed E-state index contributed by atoms with van der Waals surface area (Å²) in [5, 5.41) is 0. The monoisotopic (exact) mass is 309 g/mol. The maximum atomic E-state index is 12.5. The Morgan fingerprint density at radius 2 is 2.10 bits per heavy atom. The van der Waals surface area contributed by atoms with Crippen LogP contribution in [0.25, 0.3) is 0 Å². The number of likely N-dealkylation sites (tertiary alicyclic amines) is 1. The fraction of sp³-hybridized carbons (Fsp3) is 0.600. The minimum atomic E-state index is -3.46. The first-order valence-corrected chi connectivity index (χ1v) is 9.06. The van der Waals surface area contributed by atoms with Crippen LogP contribution in [0.3, 0.4) is 0 Å². The van der Waals surface area contributed by atoms with E-state index in [0.717, 1.165) is 25.1 Å². The molecule has 1 aromatic rings. The first-order valence-electron chi connectivity index (χ1n) is 7.57. The first-order chi connectivity index (χ1) is 9.95. The zero-order valence-corrected chi connectivity index (χ0v) is 13.1. The summed E-state index contributed by atoms with van der Waals surface area (Å²) in [6.07, 6.45) is 3.41. The summed E-state index contributed by atoms with van der Waals surface area (Å²) in [5.74, 6) is 0. The van der Waals surface area contributed by atoms with E-state index in [1.807, 2.05) is 13.0 Å². The number of hydrogen-bond donors (Lipinski definition) is 2. The number of sulfonamides is 1. The Balaban J connectivity index is 1.70. The van der Waals surface area contributed by atoms with E-state index in [9.17, 15) is 8.42 Å². The minimum absolute atomic E-state index is 0.0227. The van der Waals surface area contributed by atoms with Crippen LogP contribution >= 0.6 is 0 Å². The Morgan fingerprint density at radius 1 is 1.33 bits per heavy atom. The van der Waals surface area contributed by atoms with Gasteiger partial charge in [-0.3, -0.25) is 4.90 Å². The molecule has 3 N–H and O–H groups in total. The first kappa shape index (κ1) is 15.0. The Morgan fingerprint density at radius 3 is 2.76 bits per heavy atom. The zero-order valence-electron chi connectivity index (χ0n) is 12.3. The lowest BCUT2D eigenvalue weighted by atomic mass is 10.1. The van der Waals surface area contributed by atoms with Crippen LogP contribution in [0, 0.1) is 0 Å². The van der Waals surface area contributed by atoms with E-state index in [1.165, 1.54) is 12.8 Å². The number of nitrogens with zero attached hydrogens (tertiary/aromatic N) is 1. The Hall–Kier alpha value is -0.950. The van der Waals surface area contributed by atoms with Crippen LogP contribution < -0.4 is 10.5 Å². The second kappa shape index (κ2) is 5.68. The van der Waals surface area contributed by atoms with E-state index in [1.54, 1.807) is 18.2 Å². The lowest BCUT2D eigenvalue weighted by molar-refractivity contribution is 0.322. The molecule has 1 saturated heterocycles. The van der Waals surface area contributed by atoms with Crippen molar-refractivity contribution in [2.24, 2.45) is 5.73 Å². The second-order valence-electron chi connectivity index (χ2n) is 6.19. The van der Waals surface area contributed by atoms with Gasteiger partial charge in [0.05, 0.1) is 4.90 Å². The van der Waals surface area contributed by atoms with Crippen molar-refractivity contribution in [1.82, 2.24) is 9.62 Å². The van der Waals surface area contributed by atoms with Crippen molar-refractivity contribution >= 4 is 10.0 Å². The number of rotatable bonds is 5. The van der Waals surface area contributed by atoms with Gasteiger partial charge < -0.3 is 5.73 Å². The van der Waals surface area contributed by atoms with E-state index >= 15 is 0 Å². The lowest BCUT2D eigenvalue weighted by Gasteiger charge is -2.16. The molecule has 0 amide bonds. The molecule has 0 aromatic heterocycles. The summed E-state index contributed by atoms with van der Waals surface area (Å²) in [6, 6.07) is 7.45. The number of nitrogens with two attached hydrogens (primary N) is 1. The summed E-state index contributed by atoms with van der Waals surface area (Å²) in [5.41, 5.74) is 6.66. The summed E-state index contributed by atoms with van der Waals surface area (Å²) < 4.78 is 27.8. The zero-order chi connectivity index (χ0) is 15.0. The van der Waals surface area contributed by atoms with Gasteiger partial charge in [-0.25, -0.2) is 13.1 Å². The molecule has 2 atom stereocenters. The Bertz CT molecular complexity index is 611. The minimum Gasteiger partial charge on any atom is -0.324 e. The molecule has 2 aliphatic rings. The van der Waals surface area contributed by atoms with Crippen LogP contribution in [0.5, 0.6) is 0 Å². The molecular formula is C15H23N3O2S. The maximum Gasteiger partial charge on any atom is 0.240 e. The fourth-order valence-corrected chi connectivity index (χ4v) is 4.22. The van der Waals surface area contributed by atoms with Crippen molar-refractivity contribution in [2.75, 3.05) is 13.1 Å². The van der Waals surface area contributed by atoms with E-state index in [-0.39, 0.29) is 12.1 Å². The SMILES string of the molecule is CC(N)c1cccc(S(=O)(=O)NC2CCN(C3CC3)C2)c1. The second-order valence-corrected chi connectivity index (χ2v) is 7.91. The van der Waals surface area contributed by atoms with Crippen LogP contribution in [-0.4, -0.2) is 38.5 Å². The predicted molar refractivity (Wildman–Crippen MR) is 82.4 cm³/mol. The highest BCUT2D eigenvalue weighted by atomic mass is 32.2. The quantitative estimate of drug-likeness (QED) is 0.857. The van der Waals surface area contributed by atoms with E-state index < -0.39 is 10.0 Å². The molecule has 2 unspecified atom stereocenters. The van der Waals surface area contributed by atoms with Gasteiger partial charge >= 0.3 is 0 Å². The average Bonchev–Trinajstić information content (AvgIpc) is 3.20. The molecule has 1 aliphatic heterocycles. The molecule has 2 fully saturated rings. The highest BCUT2D eigenvalue weighted by Gasteiger charge is 2.35. The standard InChI is InChI=1S/C15H23N3O2S/c1-11(16)12-3-2-4-15(9-12)21(19,20)17-13-7-8-18(10-13)14-5-6-14/h2-4,9,11,13-14,17H,5-8,10,16H2,1H3. The van der Waals surface area contributed by atoms with Gasteiger partial charge in [0.1, 0.15) is 0 Å². The number of nitrogens with one attached hydrogen (secondary N) is 1. The molecular weight excluding hydrogens is 286 g/mol. The van der Waals surface area contributed by atoms with Crippen LogP contribution in [0.2, 0.25) is 0 Å². The van der Waals surface area contributed by atoms with Gasteiger partial charge in [-0.1, -0.05) is 12.1 Å². The summed E-state index contributed by atoms with van der Waals surface area (Å²) >= 11 is 0. The van der Waals surface area contributed by atoms with E-state index in [2.05, 4.69) is 9.62 Å². The molecule has 0 spiro atoms. The normalized spacial score (nSPS) is 25.1. The molecule has 21 heavy (non-hydrogen) atoms. The Kier molecular flexibility index (Phi) is 4.05. The van der Waals surface area contributed by atoms with Gasteiger partial charge in [-0.2, -0.15) is 0 Å². The summed E-state index contributed by atoms with van der Waals surface area (Å²) in [6.45, 7) is 3.68. The van der Waals surface area contributed by atoms with Crippen LogP contribution in [-0.2, 0) is 10.0 Å².